The van der Waals surface area contributed by atoms with Crippen molar-refractivity contribution in [2.75, 3.05) is 13.2 Å². The summed E-state index contributed by atoms with van der Waals surface area (Å²) in [5, 5.41) is 3.69. The Morgan fingerprint density at radius 3 is 2.70 bits per heavy atom. The summed E-state index contributed by atoms with van der Waals surface area (Å²) in [6.45, 7) is 8.37. The molecule has 1 saturated carbocycles. The van der Waals surface area contributed by atoms with Crippen molar-refractivity contribution in [1.82, 2.24) is 5.32 Å². The molecule has 0 bridgehead atoms. The molecule has 2 heteroatoms. The van der Waals surface area contributed by atoms with E-state index in [2.05, 4.69) is 44.3 Å². The molecule has 0 aliphatic heterocycles. The van der Waals surface area contributed by atoms with Gasteiger partial charge >= 0.3 is 0 Å². The van der Waals surface area contributed by atoms with Gasteiger partial charge in [-0.25, -0.2) is 0 Å². The highest BCUT2D eigenvalue weighted by Crippen LogP contribution is 2.28. The van der Waals surface area contributed by atoms with Crippen LogP contribution in [-0.2, 0) is 0 Å². The standard InChI is InChI=1S/C18H29NO/c1-4-11-19-17(16-7-5-6-8-16)13-20-18-12-14(2)9-10-15(18)3/h9-10,12,16-17,19H,4-8,11,13H2,1-3H3. The van der Waals surface area contributed by atoms with Gasteiger partial charge in [0.25, 0.3) is 0 Å². The van der Waals surface area contributed by atoms with E-state index in [1.54, 1.807) is 0 Å². The lowest BCUT2D eigenvalue weighted by Crippen LogP contribution is -2.40. The van der Waals surface area contributed by atoms with Crippen LogP contribution in [0.2, 0.25) is 0 Å². The largest absolute Gasteiger partial charge is 0.492 e. The molecule has 20 heavy (non-hydrogen) atoms. The van der Waals surface area contributed by atoms with Crippen molar-refractivity contribution in [2.24, 2.45) is 5.92 Å². The highest BCUT2D eigenvalue weighted by Gasteiger charge is 2.25. The number of nitrogens with one attached hydrogen (secondary N) is 1. The van der Waals surface area contributed by atoms with Gasteiger partial charge in [0.15, 0.2) is 0 Å². The Kier molecular flexibility index (Phi) is 5.90. The smallest absolute Gasteiger partial charge is 0.122 e. The fraction of sp³-hybridized carbons (Fsp3) is 0.667. The number of ether oxygens (including phenoxy) is 1. The SMILES string of the molecule is CCCNC(COc1cc(C)ccc1C)C1CCCC1. The Bertz CT molecular complexity index is 410. The van der Waals surface area contributed by atoms with Crippen molar-refractivity contribution in [2.45, 2.75) is 58.9 Å². The van der Waals surface area contributed by atoms with Crippen LogP contribution >= 0.6 is 0 Å². The molecule has 1 atom stereocenters. The third kappa shape index (κ3) is 4.24. The molecule has 1 aliphatic carbocycles. The summed E-state index contributed by atoms with van der Waals surface area (Å²) in [5.74, 6) is 1.85. The summed E-state index contributed by atoms with van der Waals surface area (Å²) in [4.78, 5) is 0. The van der Waals surface area contributed by atoms with Crippen LogP contribution in [0.1, 0.15) is 50.2 Å². The van der Waals surface area contributed by atoms with Crippen LogP contribution in [0.5, 0.6) is 5.75 Å². The Balaban J connectivity index is 1.94. The molecule has 1 unspecified atom stereocenters. The van der Waals surface area contributed by atoms with Crippen molar-refractivity contribution in [3.05, 3.63) is 29.3 Å². The highest BCUT2D eigenvalue weighted by molar-refractivity contribution is 5.35. The molecule has 1 fully saturated rings. The van der Waals surface area contributed by atoms with E-state index in [1.807, 2.05) is 0 Å². The van der Waals surface area contributed by atoms with E-state index in [0.717, 1.165) is 24.8 Å². The summed E-state index contributed by atoms with van der Waals surface area (Å²) < 4.78 is 6.13. The number of hydrogen-bond acceptors (Lipinski definition) is 2. The van der Waals surface area contributed by atoms with E-state index in [4.69, 9.17) is 4.74 Å². The number of hydrogen-bond donors (Lipinski definition) is 1. The minimum absolute atomic E-state index is 0.511. The third-order valence-corrected chi connectivity index (χ3v) is 4.39. The minimum atomic E-state index is 0.511. The van der Waals surface area contributed by atoms with Gasteiger partial charge in [0, 0.05) is 6.04 Å². The predicted molar refractivity (Wildman–Crippen MR) is 85.5 cm³/mol. The van der Waals surface area contributed by atoms with Gasteiger partial charge < -0.3 is 10.1 Å². The van der Waals surface area contributed by atoms with Crippen LogP contribution in [0.3, 0.4) is 0 Å². The summed E-state index contributed by atoms with van der Waals surface area (Å²) in [5.41, 5.74) is 2.50. The van der Waals surface area contributed by atoms with Crippen LogP contribution in [0.25, 0.3) is 0 Å². The van der Waals surface area contributed by atoms with Gasteiger partial charge in [0.05, 0.1) is 0 Å². The molecular formula is C18H29NO. The monoisotopic (exact) mass is 275 g/mol. The number of rotatable bonds is 7. The van der Waals surface area contributed by atoms with E-state index in [9.17, 15) is 0 Å². The van der Waals surface area contributed by atoms with Gasteiger partial charge in [-0.1, -0.05) is 31.9 Å². The normalized spacial score (nSPS) is 17.4. The zero-order valence-corrected chi connectivity index (χ0v) is 13.2. The third-order valence-electron chi connectivity index (χ3n) is 4.39. The summed E-state index contributed by atoms with van der Waals surface area (Å²) in [6.07, 6.45) is 6.68. The van der Waals surface area contributed by atoms with E-state index in [-0.39, 0.29) is 0 Å². The Morgan fingerprint density at radius 1 is 1.25 bits per heavy atom. The fourth-order valence-corrected chi connectivity index (χ4v) is 3.09. The zero-order chi connectivity index (χ0) is 14.4. The van der Waals surface area contributed by atoms with E-state index < -0.39 is 0 Å². The second-order valence-corrected chi connectivity index (χ2v) is 6.19. The van der Waals surface area contributed by atoms with Gasteiger partial charge in [0.1, 0.15) is 12.4 Å². The summed E-state index contributed by atoms with van der Waals surface area (Å²) in [7, 11) is 0. The highest BCUT2D eigenvalue weighted by atomic mass is 16.5. The first-order valence-electron chi connectivity index (χ1n) is 8.14. The van der Waals surface area contributed by atoms with Crippen LogP contribution in [0.15, 0.2) is 18.2 Å². The topological polar surface area (TPSA) is 21.3 Å². The van der Waals surface area contributed by atoms with Gasteiger partial charge in [-0.15, -0.1) is 0 Å². The van der Waals surface area contributed by atoms with Crippen molar-refractivity contribution in [1.29, 1.82) is 0 Å². The van der Waals surface area contributed by atoms with Crippen molar-refractivity contribution in [3.63, 3.8) is 0 Å². The minimum Gasteiger partial charge on any atom is -0.492 e. The predicted octanol–water partition coefficient (Wildman–Crippen LogP) is 4.24. The average Bonchev–Trinajstić information content (AvgIpc) is 2.96. The summed E-state index contributed by atoms with van der Waals surface area (Å²) in [6, 6.07) is 6.96. The molecule has 0 spiro atoms. The lowest BCUT2D eigenvalue weighted by molar-refractivity contribution is 0.216. The Labute approximate surface area is 123 Å². The molecule has 0 aromatic heterocycles. The van der Waals surface area contributed by atoms with Gasteiger partial charge in [-0.05, 0) is 62.8 Å². The Hall–Kier alpha value is -1.02. The Morgan fingerprint density at radius 2 is 2.00 bits per heavy atom. The molecule has 0 radical (unpaired) electrons. The molecule has 0 amide bonds. The zero-order valence-electron chi connectivity index (χ0n) is 13.2. The first kappa shape index (κ1) is 15.4. The van der Waals surface area contributed by atoms with Crippen molar-refractivity contribution in [3.8, 4) is 5.75 Å². The lowest BCUT2D eigenvalue weighted by Gasteiger charge is -2.25. The molecule has 1 N–H and O–H groups in total. The maximum absolute atomic E-state index is 6.13. The molecular weight excluding hydrogens is 246 g/mol. The molecule has 2 nitrogen and oxygen atoms in total. The maximum atomic E-state index is 6.13. The molecule has 112 valence electrons. The average molecular weight is 275 g/mol. The van der Waals surface area contributed by atoms with Gasteiger partial charge in [-0.3, -0.25) is 0 Å². The van der Waals surface area contributed by atoms with Crippen LogP contribution in [0, 0.1) is 19.8 Å². The van der Waals surface area contributed by atoms with Crippen LogP contribution in [-0.4, -0.2) is 19.2 Å². The fourth-order valence-electron chi connectivity index (χ4n) is 3.09. The molecule has 0 heterocycles. The van der Waals surface area contributed by atoms with Crippen molar-refractivity contribution >= 4 is 0 Å². The maximum Gasteiger partial charge on any atom is 0.122 e. The molecule has 2 rings (SSSR count). The first-order chi connectivity index (χ1) is 9.70. The van der Waals surface area contributed by atoms with E-state index in [0.29, 0.717) is 6.04 Å². The summed E-state index contributed by atoms with van der Waals surface area (Å²) >= 11 is 0. The lowest BCUT2D eigenvalue weighted by atomic mass is 9.98. The quantitative estimate of drug-likeness (QED) is 0.803. The second kappa shape index (κ2) is 7.68. The molecule has 1 aromatic carbocycles. The van der Waals surface area contributed by atoms with Crippen LogP contribution < -0.4 is 10.1 Å². The first-order valence-corrected chi connectivity index (χ1v) is 8.14. The van der Waals surface area contributed by atoms with Gasteiger partial charge in [-0.2, -0.15) is 0 Å². The molecule has 0 saturated heterocycles. The second-order valence-electron chi connectivity index (χ2n) is 6.19. The number of benzene rings is 1. The number of aryl methyl sites for hydroxylation is 2. The van der Waals surface area contributed by atoms with Crippen molar-refractivity contribution < 1.29 is 4.74 Å². The van der Waals surface area contributed by atoms with Crippen LogP contribution in [0.4, 0.5) is 0 Å². The molecule has 1 aromatic rings. The van der Waals surface area contributed by atoms with Gasteiger partial charge in [0.2, 0.25) is 0 Å². The van der Waals surface area contributed by atoms with E-state index >= 15 is 0 Å². The molecule has 1 aliphatic rings. The van der Waals surface area contributed by atoms with E-state index in [1.165, 1.54) is 43.2 Å².